The molecule has 0 aliphatic heterocycles. The molecule has 1 aromatic carbocycles. The molecule has 3 aromatic rings. The molecule has 0 atom stereocenters. The van der Waals surface area contributed by atoms with Gasteiger partial charge in [-0.05, 0) is 47.1 Å². The first-order valence-corrected chi connectivity index (χ1v) is 7.48. The summed E-state index contributed by atoms with van der Waals surface area (Å²) < 4.78 is 11.5. The number of furan rings is 1. The van der Waals surface area contributed by atoms with Gasteiger partial charge in [0.1, 0.15) is 5.76 Å². The molecule has 6 heteroatoms. The van der Waals surface area contributed by atoms with Gasteiger partial charge in [0.2, 0.25) is 11.7 Å². The van der Waals surface area contributed by atoms with E-state index in [-0.39, 0.29) is 18.2 Å². The minimum Gasteiger partial charge on any atom is -0.452 e. The molecule has 0 saturated carbocycles. The molecule has 2 heterocycles. The van der Waals surface area contributed by atoms with Crippen LogP contribution in [0.25, 0.3) is 11.5 Å². The lowest BCUT2D eigenvalue weighted by atomic mass is 10.2. The standard InChI is InChI=1S/C16H13BrN2O3/c1-10-14(15(20)18-9-12-7-8-13(17)21-12)22-16(19-10)11-5-3-2-4-6-11/h2-8H,9H2,1H3,(H,18,20). The van der Waals surface area contributed by atoms with Gasteiger partial charge in [0.05, 0.1) is 12.2 Å². The molecule has 0 fully saturated rings. The topological polar surface area (TPSA) is 68.3 Å². The van der Waals surface area contributed by atoms with E-state index in [1.165, 1.54) is 0 Å². The molecule has 0 saturated heterocycles. The number of aryl methyl sites for hydroxylation is 1. The summed E-state index contributed by atoms with van der Waals surface area (Å²) in [6, 6.07) is 13.0. The molecule has 1 amide bonds. The van der Waals surface area contributed by atoms with Crippen LogP contribution in [0, 0.1) is 6.92 Å². The summed E-state index contributed by atoms with van der Waals surface area (Å²) in [4.78, 5) is 16.5. The number of nitrogens with zero attached hydrogens (tertiary/aromatic N) is 1. The fraction of sp³-hybridized carbons (Fsp3) is 0.125. The van der Waals surface area contributed by atoms with E-state index in [0.29, 0.717) is 22.0 Å². The summed E-state index contributed by atoms with van der Waals surface area (Å²) >= 11 is 3.22. The van der Waals surface area contributed by atoms with Gasteiger partial charge in [-0.3, -0.25) is 4.79 Å². The zero-order valence-corrected chi connectivity index (χ0v) is 13.4. The van der Waals surface area contributed by atoms with Gasteiger partial charge in [-0.1, -0.05) is 18.2 Å². The predicted molar refractivity (Wildman–Crippen MR) is 84.3 cm³/mol. The number of oxazole rings is 1. The van der Waals surface area contributed by atoms with Crippen LogP contribution in [-0.2, 0) is 6.54 Å². The van der Waals surface area contributed by atoms with Crippen LogP contribution in [0.2, 0.25) is 0 Å². The van der Waals surface area contributed by atoms with E-state index in [2.05, 4.69) is 26.2 Å². The van der Waals surface area contributed by atoms with Crippen molar-refractivity contribution >= 4 is 21.8 Å². The zero-order chi connectivity index (χ0) is 15.5. The number of carbonyl (C=O) groups is 1. The first kappa shape index (κ1) is 14.6. The van der Waals surface area contributed by atoms with Crippen molar-refractivity contribution in [3.63, 3.8) is 0 Å². The maximum atomic E-state index is 12.2. The Balaban J connectivity index is 1.74. The van der Waals surface area contributed by atoms with Crippen LogP contribution in [0.3, 0.4) is 0 Å². The summed E-state index contributed by atoms with van der Waals surface area (Å²) in [6.45, 7) is 2.03. The maximum absolute atomic E-state index is 12.2. The van der Waals surface area contributed by atoms with Crippen molar-refractivity contribution in [3.8, 4) is 11.5 Å². The highest BCUT2D eigenvalue weighted by atomic mass is 79.9. The van der Waals surface area contributed by atoms with E-state index >= 15 is 0 Å². The number of benzene rings is 1. The lowest BCUT2D eigenvalue weighted by Gasteiger charge is -2.00. The number of halogens is 1. The lowest BCUT2D eigenvalue weighted by Crippen LogP contribution is -2.22. The van der Waals surface area contributed by atoms with Crippen molar-refractivity contribution in [2.45, 2.75) is 13.5 Å². The number of hydrogen-bond donors (Lipinski definition) is 1. The average molecular weight is 361 g/mol. The summed E-state index contributed by atoms with van der Waals surface area (Å²) in [6.07, 6.45) is 0. The summed E-state index contributed by atoms with van der Waals surface area (Å²) in [5.41, 5.74) is 1.39. The Morgan fingerprint density at radius 3 is 2.64 bits per heavy atom. The lowest BCUT2D eigenvalue weighted by molar-refractivity contribution is 0.0920. The largest absolute Gasteiger partial charge is 0.452 e. The fourth-order valence-electron chi connectivity index (χ4n) is 2.01. The zero-order valence-electron chi connectivity index (χ0n) is 11.8. The number of rotatable bonds is 4. The van der Waals surface area contributed by atoms with Crippen molar-refractivity contribution in [1.82, 2.24) is 10.3 Å². The summed E-state index contributed by atoms with van der Waals surface area (Å²) in [5, 5.41) is 2.75. The van der Waals surface area contributed by atoms with Crippen molar-refractivity contribution < 1.29 is 13.6 Å². The molecule has 5 nitrogen and oxygen atoms in total. The van der Waals surface area contributed by atoms with E-state index in [9.17, 15) is 4.79 Å². The van der Waals surface area contributed by atoms with Crippen molar-refractivity contribution in [2.75, 3.05) is 0 Å². The van der Waals surface area contributed by atoms with Crippen LogP contribution in [-0.4, -0.2) is 10.9 Å². The second-order valence-electron chi connectivity index (χ2n) is 4.69. The summed E-state index contributed by atoms with van der Waals surface area (Å²) in [7, 11) is 0. The fourth-order valence-corrected chi connectivity index (χ4v) is 2.35. The van der Waals surface area contributed by atoms with E-state index < -0.39 is 0 Å². The van der Waals surface area contributed by atoms with Gasteiger partial charge < -0.3 is 14.2 Å². The number of aromatic nitrogens is 1. The first-order chi connectivity index (χ1) is 10.6. The molecule has 0 aliphatic rings. The monoisotopic (exact) mass is 360 g/mol. The normalized spacial score (nSPS) is 10.6. The Bertz CT molecular complexity index is 793. The molecule has 3 rings (SSSR count). The quantitative estimate of drug-likeness (QED) is 0.765. The molecule has 22 heavy (non-hydrogen) atoms. The van der Waals surface area contributed by atoms with Gasteiger partial charge >= 0.3 is 0 Å². The van der Waals surface area contributed by atoms with Crippen molar-refractivity contribution in [1.29, 1.82) is 0 Å². The Labute approximate surface area is 135 Å². The number of nitrogens with one attached hydrogen (secondary N) is 1. The van der Waals surface area contributed by atoms with Crippen LogP contribution in [0.15, 0.2) is 56.0 Å². The van der Waals surface area contributed by atoms with Gasteiger partial charge in [0.15, 0.2) is 4.67 Å². The Kier molecular flexibility index (Phi) is 4.11. The van der Waals surface area contributed by atoms with Crippen LogP contribution >= 0.6 is 15.9 Å². The Morgan fingerprint density at radius 2 is 1.95 bits per heavy atom. The smallest absolute Gasteiger partial charge is 0.289 e. The Hall–Kier alpha value is -2.34. The molecule has 0 radical (unpaired) electrons. The van der Waals surface area contributed by atoms with E-state index in [4.69, 9.17) is 8.83 Å². The minimum absolute atomic E-state index is 0.212. The second kappa shape index (κ2) is 6.19. The van der Waals surface area contributed by atoms with Crippen LogP contribution < -0.4 is 5.32 Å². The molecule has 0 aliphatic carbocycles. The van der Waals surface area contributed by atoms with Crippen LogP contribution in [0.1, 0.15) is 22.0 Å². The van der Waals surface area contributed by atoms with Gasteiger partial charge in [-0.15, -0.1) is 0 Å². The third-order valence-electron chi connectivity index (χ3n) is 3.08. The second-order valence-corrected chi connectivity index (χ2v) is 5.47. The van der Waals surface area contributed by atoms with Crippen molar-refractivity contribution in [2.24, 2.45) is 0 Å². The molecular weight excluding hydrogens is 348 g/mol. The number of amides is 1. The average Bonchev–Trinajstić information content (AvgIpc) is 3.12. The van der Waals surface area contributed by atoms with E-state index in [1.54, 1.807) is 19.1 Å². The number of hydrogen-bond acceptors (Lipinski definition) is 4. The SMILES string of the molecule is Cc1nc(-c2ccccc2)oc1C(=O)NCc1ccc(Br)o1. The van der Waals surface area contributed by atoms with E-state index in [0.717, 1.165) is 5.56 Å². The van der Waals surface area contributed by atoms with E-state index in [1.807, 2.05) is 30.3 Å². The third kappa shape index (κ3) is 3.12. The van der Waals surface area contributed by atoms with Crippen LogP contribution in [0.5, 0.6) is 0 Å². The molecule has 0 unspecified atom stereocenters. The van der Waals surface area contributed by atoms with Gasteiger partial charge in [0, 0.05) is 5.56 Å². The molecule has 112 valence electrons. The minimum atomic E-state index is -0.320. The molecule has 0 bridgehead atoms. The highest BCUT2D eigenvalue weighted by molar-refractivity contribution is 9.10. The number of carbonyl (C=O) groups excluding carboxylic acids is 1. The molecule has 2 aromatic heterocycles. The van der Waals surface area contributed by atoms with Gasteiger partial charge in [0.25, 0.3) is 5.91 Å². The predicted octanol–water partition coefficient (Wildman–Crippen LogP) is 3.94. The molecular formula is C16H13BrN2O3. The molecule has 0 spiro atoms. The maximum Gasteiger partial charge on any atom is 0.289 e. The first-order valence-electron chi connectivity index (χ1n) is 6.69. The van der Waals surface area contributed by atoms with Gasteiger partial charge in [-0.2, -0.15) is 0 Å². The highest BCUT2D eigenvalue weighted by Gasteiger charge is 2.18. The Morgan fingerprint density at radius 1 is 1.18 bits per heavy atom. The summed E-state index contributed by atoms with van der Waals surface area (Å²) in [5.74, 6) is 0.980. The van der Waals surface area contributed by atoms with Crippen molar-refractivity contribution in [3.05, 3.63) is 64.3 Å². The third-order valence-corrected chi connectivity index (χ3v) is 3.50. The van der Waals surface area contributed by atoms with Crippen LogP contribution in [0.4, 0.5) is 0 Å². The molecule has 1 N–H and O–H groups in total. The van der Waals surface area contributed by atoms with Gasteiger partial charge in [-0.25, -0.2) is 4.98 Å². The highest BCUT2D eigenvalue weighted by Crippen LogP contribution is 2.21.